The molecule has 1 amide bonds. The van der Waals surface area contributed by atoms with Crippen molar-refractivity contribution in [3.63, 3.8) is 0 Å². The summed E-state index contributed by atoms with van der Waals surface area (Å²) in [5, 5.41) is 2.83. The van der Waals surface area contributed by atoms with E-state index in [-0.39, 0.29) is 23.9 Å². The van der Waals surface area contributed by atoms with Gasteiger partial charge in [0.25, 0.3) is 0 Å². The van der Waals surface area contributed by atoms with E-state index in [4.69, 9.17) is 9.47 Å². The molecule has 1 heterocycles. The molecular weight excluding hydrogens is 423 g/mol. The van der Waals surface area contributed by atoms with Crippen molar-refractivity contribution >= 4 is 15.9 Å². The average molecular weight is 451 g/mol. The minimum Gasteiger partial charge on any atom is -0.493 e. The normalized spacial score (nSPS) is 17.2. The van der Waals surface area contributed by atoms with E-state index in [2.05, 4.69) is 5.32 Å². The molecule has 2 aromatic carbocycles. The molecule has 0 aliphatic carbocycles. The van der Waals surface area contributed by atoms with Gasteiger partial charge in [-0.1, -0.05) is 12.5 Å². The van der Waals surface area contributed by atoms with Gasteiger partial charge in [-0.05, 0) is 61.7 Å². The highest BCUT2D eigenvalue weighted by Gasteiger charge is 2.37. The Morgan fingerprint density at radius 3 is 2.58 bits per heavy atom. The number of nitrogens with one attached hydrogen (secondary N) is 1. The summed E-state index contributed by atoms with van der Waals surface area (Å²) in [6.07, 6.45) is 1.85. The summed E-state index contributed by atoms with van der Waals surface area (Å²) in [5.41, 5.74) is 0.803. The fourth-order valence-electron chi connectivity index (χ4n) is 3.60. The molecule has 1 aliphatic heterocycles. The summed E-state index contributed by atoms with van der Waals surface area (Å²) in [6.45, 7) is 2.85. The van der Waals surface area contributed by atoms with Gasteiger partial charge in [-0.2, -0.15) is 4.31 Å². The lowest BCUT2D eigenvalue weighted by molar-refractivity contribution is -0.125. The number of sulfonamides is 1. The molecule has 0 spiro atoms. The van der Waals surface area contributed by atoms with E-state index in [1.165, 1.54) is 16.4 Å². The first kappa shape index (κ1) is 23.0. The van der Waals surface area contributed by atoms with Gasteiger partial charge in [-0.3, -0.25) is 4.79 Å². The van der Waals surface area contributed by atoms with Crippen molar-refractivity contribution in [1.29, 1.82) is 0 Å². The number of hydrogen-bond donors (Lipinski definition) is 1. The summed E-state index contributed by atoms with van der Waals surface area (Å²) >= 11 is 0. The number of rotatable bonds is 8. The standard InChI is InChI=1S/C22H27FN2O5S/c1-3-30-20-12-7-16(14-21(20)29-2)15-24-22(26)19-6-4-5-13-25(19)31(27,28)18-10-8-17(23)9-11-18/h7-12,14,19H,3-6,13,15H2,1-2H3,(H,24,26)/t19-/m0/s1. The van der Waals surface area contributed by atoms with Crippen LogP contribution in [-0.2, 0) is 21.4 Å². The van der Waals surface area contributed by atoms with E-state index >= 15 is 0 Å². The van der Waals surface area contributed by atoms with Gasteiger partial charge in [-0.15, -0.1) is 0 Å². The highest BCUT2D eigenvalue weighted by Crippen LogP contribution is 2.29. The minimum atomic E-state index is -3.91. The minimum absolute atomic E-state index is 0.0233. The molecular formula is C22H27FN2O5S. The van der Waals surface area contributed by atoms with E-state index in [1.807, 2.05) is 13.0 Å². The predicted molar refractivity (Wildman–Crippen MR) is 114 cm³/mol. The lowest BCUT2D eigenvalue weighted by Crippen LogP contribution is -2.51. The van der Waals surface area contributed by atoms with Crippen molar-refractivity contribution in [2.24, 2.45) is 0 Å². The third-order valence-electron chi connectivity index (χ3n) is 5.17. The number of hydrogen-bond acceptors (Lipinski definition) is 5. The van der Waals surface area contributed by atoms with Crippen LogP contribution in [0.15, 0.2) is 47.4 Å². The quantitative estimate of drug-likeness (QED) is 0.668. The Labute approximate surface area is 182 Å². The Kier molecular flexibility index (Phi) is 7.50. The third-order valence-corrected chi connectivity index (χ3v) is 7.09. The van der Waals surface area contributed by atoms with Gasteiger partial charge in [0.1, 0.15) is 11.9 Å². The zero-order valence-corrected chi connectivity index (χ0v) is 18.5. The van der Waals surface area contributed by atoms with E-state index < -0.39 is 21.9 Å². The first-order valence-electron chi connectivity index (χ1n) is 10.2. The van der Waals surface area contributed by atoms with E-state index in [9.17, 15) is 17.6 Å². The highest BCUT2D eigenvalue weighted by atomic mass is 32.2. The SMILES string of the molecule is CCOc1ccc(CNC(=O)[C@@H]2CCCCN2S(=O)(=O)c2ccc(F)cc2)cc1OC. The zero-order valence-electron chi connectivity index (χ0n) is 17.6. The second-order valence-corrected chi connectivity index (χ2v) is 9.11. The molecule has 0 saturated carbocycles. The molecule has 1 atom stereocenters. The predicted octanol–water partition coefficient (Wildman–Crippen LogP) is 3.09. The second-order valence-electron chi connectivity index (χ2n) is 7.22. The summed E-state index contributed by atoms with van der Waals surface area (Å²) in [5.74, 6) is 0.298. The van der Waals surface area contributed by atoms with Crippen LogP contribution >= 0.6 is 0 Å². The number of methoxy groups -OCH3 is 1. The number of amides is 1. The Morgan fingerprint density at radius 2 is 1.90 bits per heavy atom. The van der Waals surface area contributed by atoms with E-state index in [0.29, 0.717) is 30.9 Å². The fourth-order valence-corrected chi connectivity index (χ4v) is 5.26. The lowest BCUT2D eigenvalue weighted by atomic mass is 10.0. The summed E-state index contributed by atoms with van der Waals surface area (Å²) in [7, 11) is -2.37. The maximum Gasteiger partial charge on any atom is 0.243 e. The molecule has 0 bridgehead atoms. The van der Waals surface area contributed by atoms with Crippen molar-refractivity contribution in [2.45, 2.75) is 43.7 Å². The van der Waals surface area contributed by atoms with E-state index in [0.717, 1.165) is 24.1 Å². The van der Waals surface area contributed by atoms with Crippen LogP contribution in [0.3, 0.4) is 0 Å². The monoisotopic (exact) mass is 450 g/mol. The molecule has 1 saturated heterocycles. The van der Waals surface area contributed by atoms with Crippen LogP contribution in [0.2, 0.25) is 0 Å². The lowest BCUT2D eigenvalue weighted by Gasteiger charge is -2.33. The molecule has 9 heteroatoms. The van der Waals surface area contributed by atoms with Crippen molar-refractivity contribution in [3.8, 4) is 11.5 Å². The van der Waals surface area contributed by atoms with Crippen LogP contribution in [0.1, 0.15) is 31.7 Å². The Balaban J connectivity index is 1.73. The van der Waals surface area contributed by atoms with Gasteiger partial charge < -0.3 is 14.8 Å². The van der Waals surface area contributed by atoms with Crippen molar-refractivity contribution in [2.75, 3.05) is 20.3 Å². The molecule has 2 aromatic rings. The van der Waals surface area contributed by atoms with Gasteiger partial charge in [0.2, 0.25) is 15.9 Å². The number of nitrogens with zero attached hydrogens (tertiary/aromatic N) is 1. The number of halogens is 1. The molecule has 1 aliphatic rings. The molecule has 0 radical (unpaired) electrons. The maximum absolute atomic E-state index is 13.2. The van der Waals surface area contributed by atoms with Gasteiger partial charge in [0, 0.05) is 13.1 Å². The number of carbonyl (C=O) groups is 1. The van der Waals surface area contributed by atoms with Gasteiger partial charge in [0.05, 0.1) is 18.6 Å². The van der Waals surface area contributed by atoms with Crippen LogP contribution in [-0.4, -0.2) is 44.9 Å². The first-order valence-corrected chi connectivity index (χ1v) is 11.7. The summed E-state index contributed by atoms with van der Waals surface area (Å²) in [6, 6.07) is 9.21. The largest absolute Gasteiger partial charge is 0.493 e. The number of ether oxygens (including phenoxy) is 2. The van der Waals surface area contributed by atoms with Crippen LogP contribution in [0.4, 0.5) is 4.39 Å². The number of piperidine rings is 1. The molecule has 31 heavy (non-hydrogen) atoms. The third kappa shape index (κ3) is 5.34. The topological polar surface area (TPSA) is 84.9 Å². The summed E-state index contributed by atoms with van der Waals surface area (Å²) in [4.78, 5) is 12.9. The second kappa shape index (κ2) is 10.1. The molecule has 0 aromatic heterocycles. The van der Waals surface area contributed by atoms with Gasteiger partial charge in [-0.25, -0.2) is 12.8 Å². The molecule has 3 rings (SSSR count). The summed E-state index contributed by atoms with van der Waals surface area (Å²) < 4.78 is 51.4. The number of carbonyl (C=O) groups excluding carboxylic acids is 1. The van der Waals surface area contributed by atoms with Crippen LogP contribution in [0.25, 0.3) is 0 Å². The fraction of sp³-hybridized carbons (Fsp3) is 0.409. The van der Waals surface area contributed by atoms with Crippen molar-refractivity contribution in [1.82, 2.24) is 9.62 Å². The Bertz CT molecular complexity index is 1010. The molecule has 0 unspecified atom stereocenters. The Hall–Kier alpha value is -2.65. The zero-order chi connectivity index (χ0) is 22.4. The van der Waals surface area contributed by atoms with Crippen LogP contribution in [0, 0.1) is 5.82 Å². The smallest absolute Gasteiger partial charge is 0.243 e. The Morgan fingerprint density at radius 1 is 1.16 bits per heavy atom. The highest BCUT2D eigenvalue weighted by molar-refractivity contribution is 7.89. The molecule has 7 nitrogen and oxygen atoms in total. The maximum atomic E-state index is 13.2. The van der Waals surface area contributed by atoms with Gasteiger partial charge >= 0.3 is 0 Å². The van der Waals surface area contributed by atoms with E-state index in [1.54, 1.807) is 19.2 Å². The number of benzene rings is 2. The average Bonchev–Trinajstić information content (AvgIpc) is 2.78. The van der Waals surface area contributed by atoms with Gasteiger partial charge in [0.15, 0.2) is 11.5 Å². The molecule has 1 fully saturated rings. The van der Waals surface area contributed by atoms with Crippen molar-refractivity contribution in [3.05, 3.63) is 53.8 Å². The first-order chi connectivity index (χ1) is 14.9. The molecule has 168 valence electrons. The van der Waals surface area contributed by atoms with Crippen molar-refractivity contribution < 1.29 is 27.1 Å². The van der Waals surface area contributed by atoms with Crippen LogP contribution < -0.4 is 14.8 Å². The molecule has 1 N–H and O–H groups in total. The van der Waals surface area contributed by atoms with Crippen LogP contribution in [0.5, 0.6) is 11.5 Å².